The number of pyridine rings is 3. The quantitative estimate of drug-likeness (QED) is 0.0353. The van der Waals surface area contributed by atoms with Crippen molar-refractivity contribution < 1.29 is 48.6 Å². The second-order valence-corrected chi connectivity index (χ2v) is 24.8. The van der Waals surface area contributed by atoms with Gasteiger partial charge in [-0.05, 0) is 125 Å². The normalized spacial score (nSPS) is 13.8. The van der Waals surface area contributed by atoms with E-state index < -0.39 is 29.7 Å². The molecule has 2 amide bonds. The Hall–Kier alpha value is -2.86. The molecule has 4 rings (SSSR count). The molecule has 0 aromatic carbocycles. The molecule has 0 bridgehead atoms. The average molecular weight is 1090 g/mol. The summed E-state index contributed by atoms with van der Waals surface area (Å²) in [6, 6.07) is 17.3. The monoisotopic (exact) mass is 1090 g/mol. The number of carbonyl (C=O) groups excluding carboxylic acids is 5. The van der Waals surface area contributed by atoms with Crippen LogP contribution in [-0.4, -0.2) is 97.8 Å². The van der Waals surface area contributed by atoms with Gasteiger partial charge in [0.1, 0.15) is 26.6 Å². The van der Waals surface area contributed by atoms with E-state index in [-0.39, 0.29) is 54.2 Å². The van der Waals surface area contributed by atoms with Gasteiger partial charge in [-0.2, -0.15) is 25.3 Å². The first-order valence-corrected chi connectivity index (χ1v) is 29.4. The van der Waals surface area contributed by atoms with E-state index in [2.05, 4.69) is 47.1 Å². The highest BCUT2D eigenvalue weighted by Gasteiger charge is 2.32. The fraction of sp³-hybridized carbons (Fsp3) is 0.522. The van der Waals surface area contributed by atoms with Crippen molar-refractivity contribution in [1.82, 2.24) is 20.0 Å². The molecule has 0 spiro atoms. The Balaban J connectivity index is 0.000000871. The van der Waals surface area contributed by atoms with E-state index in [1.165, 1.54) is 0 Å². The van der Waals surface area contributed by atoms with Gasteiger partial charge in [0.15, 0.2) is 0 Å². The number of carboxylic acids is 2. The Morgan fingerprint density at radius 2 is 0.882 bits per heavy atom. The van der Waals surface area contributed by atoms with Crippen LogP contribution in [0.25, 0.3) is 0 Å². The van der Waals surface area contributed by atoms with E-state index in [4.69, 9.17) is 15.1 Å². The Morgan fingerprint density at radius 1 is 0.559 bits per heavy atom. The summed E-state index contributed by atoms with van der Waals surface area (Å²) >= 11 is 8.13. The molecule has 1 fully saturated rings. The number of carbonyl (C=O) groups is 7. The first kappa shape index (κ1) is 65.1. The lowest BCUT2D eigenvalue weighted by Gasteiger charge is -2.13. The molecule has 5 unspecified atom stereocenters. The number of ketones is 2. The van der Waals surface area contributed by atoms with Gasteiger partial charge >= 0.3 is 17.9 Å². The zero-order chi connectivity index (χ0) is 51.3. The molecular formula is C46H66N4O10S8. The van der Waals surface area contributed by atoms with Crippen molar-refractivity contribution in [3.05, 3.63) is 73.2 Å². The lowest BCUT2D eigenvalue weighted by molar-refractivity contribution is -0.197. The zero-order valence-electron chi connectivity index (χ0n) is 39.6. The molecule has 68 heavy (non-hydrogen) atoms. The molecule has 0 aliphatic carbocycles. The van der Waals surface area contributed by atoms with Gasteiger partial charge in [-0.3, -0.25) is 19.2 Å². The fourth-order valence-electron chi connectivity index (χ4n) is 4.33. The molecular weight excluding hydrogens is 1030 g/mol. The van der Waals surface area contributed by atoms with Gasteiger partial charge in [-0.15, -0.1) is 5.06 Å². The van der Waals surface area contributed by atoms with E-state index in [1.807, 2.05) is 82.3 Å². The molecule has 0 radical (unpaired) electrons. The van der Waals surface area contributed by atoms with Crippen LogP contribution < -0.4 is 0 Å². The molecule has 378 valence electrons. The van der Waals surface area contributed by atoms with Gasteiger partial charge in [0.05, 0.1) is 0 Å². The minimum absolute atomic E-state index is 0.110. The third-order valence-corrected chi connectivity index (χ3v) is 17.2. The third kappa shape index (κ3) is 39.9. The van der Waals surface area contributed by atoms with Crippen LogP contribution in [-0.2, 0) is 38.4 Å². The Bertz CT molecular complexity index is 1790. The van der Waals surface area contributed by atoms with Gasteiger partial charge in [0, 0.05) is 79.3 Å². The molecule has 3 aromatic heterocycles. The number of carboxylic acid groups (broad SMARTS) is 2. The summed E-state index contributed by atoms with van der Waals surface area (Å²) in [4.78, 5) is 93.1. The lowest BCUT2D eigenvalue weighted by Crippen LogP contribution is -2.32. The largest absolute Gasteiger partial charge is 0.481 e. The number of hydroxylamine groups is 2. The summed E-state index contributed by atoms with van der Waals surface area (Å²) in [5.41, 5.74) is 0. The van der Waals surface area contributed by atoms with Crippen molar-refractivity contribution in [3.8, 4) is 0 Å². The van der Waals surface area contributed by atoms with Crippen molar-refractivity contribution in [1.29, 1.82) is 0 Å². The Morgan fingerprint density at radius 3 is 1.18 bits per heavy atom. The molecule has 22 heteroatoms. The molecule has 1 aliphatic rings. The number of nitrogens with zero attached hydrogens (tertiary/aromatic N) is 4. The SMILES string of the molecule is CC(=O)CCC(C)S.CC(=O)CCC(C)SSc1ccccn1.CC(CCC(=O)O)SSc1ccccn1.CC(CCC(=O)ON1C(=O)CCC1=O)SSc1ccccn1.CC(S)CCC(=O)O. The highest BCUT2D eigenvalue weighted by atomic mass is 33.1. The van der Waals surface area contributed by atoms with Gasteiger partial charge < -0.3 is 24.6 Å². The number of Topliss-reactive ketones (excluding diaryl/α,β-unsaturated/α-hetero) is 2. The van der Waals surface area contributed by atoms with Crippen LogP contribution >= 0.6 is 90.0 Å². The van der Waals surface area contributed by atoms with Gasteiger partial charge in [0.25, 0.3) is 11.8 Å². The standard InChI is InChI=1S/C14H16N2O4S2.C11H15NOS2.C10H13NO2S2.C6H12OS.C5H10O2S/c1-10(21-22-11-4-2-3-9-15-11)5-8-14(19)20-16-12(17)6-7-13(16)18;1-9(13)6-7-10(2)14-15-11-5-3-4-8-12-11;1-8(5-6-10(12)13)14-15-9-4-2-3-7-11-9;1-5(7)3-4-6(2)8;1-4(8)2-3-5(6)7/h2-4,9-10H,5-8H2,1H3;3-5,8,10H,6-7H2,1-2H3;2-4,7-8H,5-6H2,1H3,(H,12,13);6,8H,3-4H2,1-2H3;4,8H,2-3H2,1H3,(H,6,7). The third-order valence-electron chi connectivity index (χ3n) is 8.12. The first-order chi connectivity index (χ1) is 32.2. The highest BCUT2D eigenvalue weighted by molar-refractivity contribution is 8.77. The van der Waals surface area contributed by atoms with E-state index >= 15 is 0 Å². The summed E-state index contributed by atoms with van der Waals surface area (Å²) in [5, 5.41) is 21.7. The smallest absolute Gasteiger partial charge is 0.333 e. The molecule has 4 heterocycles. The van der Waals surface area contributed by atoms with Gasteiger partial charge in [0.2, 0.25) is 0 Å². The first-order valence-electron chi connectivity index (χ1n) is 21.8. The average Bonchev–Trinajstić information content (AvgIpc) is 3.62. The minimum Gasteiger partial charge on any atom is -0.481 e. The number of hydrogen-bond donors (Lipinski definition) is 4. The van der Waals surface area contributed by atoms with Crippen LogP contribution in [0.4, 0.5) is 0 Å². The van der Waals surface area contributed by atoms with Crippen LogP contribution in [0.1, 0.15) is 126 Å². The zero-order valence-corrected chi connectivity index (χ0v) is 46.3. The minimum atomic E-state index is -0.745. The maximum absolute atomic E-state index is 11.7. The molecule has 0 saturated carbocycles. The number of amides is 2. The second kappa shape index (κ2) is 40.8. The van der Waals surface area contributed by atoms with Crippen molar-refractivity contribution >= 4 is 131 Å². The van der Waals surface area contributed by atoms with Crippen molar-refractivity contribution in [2.45, 2.75) is 167 Å². The number of hydrogen-bond acceptors (Lipinski definition) is 19. The van der Waals surface area contributed by atoms with Gasteiger partial charge in [-0.1, -0.05) is 85.2 Å². The van der Waals surface area contributed by atoms with Crippen LogP contribution in [0.2, 0.25) is 0 Å². The van der Waals surface area contributed by atoms with E-state index in [1.54, 1.807) is 97.2 Å². The molecule has 1 aliphatic heterocycles. The maximum atomic E-state index is 11.7. The number of aromatic nitrogens is 3. The molecule has 2 N–H and O–H groups in total. The summed E-state index contributed by atoms with van der Waals surface area (Å²) in [6.45, 7) is 13.3. The summed E-state index contributed by atoms with van der Waals surface area (Å²) in [7, 11) is 9.87. The maximum Gasteiger partial charge on any atom is 0.333 e. The Kier molecular flexibility index (Phi) is 39.1. The van der Waals surface area contributed by atoms with Crippen LogP contribution in [0.15, 0.2) is 88.3 Å². The number of thiol groups is 2. The second-order valence-electron chi connectivity index (χ2n) is 15.1. The molecule has 3 aromatic rings. The van der Waals surface area contributed by atoms with E-state index in [0.717, 1.165) is 27.9 Å². The van der Waals surface area contributed by atoms with Crippen molar-refractivity contribution in [2.75, 3.05) is 0 Å². The van der Waals surface area contributed by atoms with Crippen LogP contribution in [0.5, 0.6) is 0 Å². The van der Waals surface area contributed by atoms with Crippen LogP contribution in [0, 0.1) is 0 Å². The van der Waals surface area contributed by atoms with Crippen molar-refractivity contribution in [3.63, 3.8) is 0 Å². The number of rotatable bonds is 25. The Labute approximate surface area is 436 Å². The van der Waals surface area contributed by atoms with Crippen LogP contribution in [0.3, 0.4) is 0 Å². The summed E-state index contributed by atoms with van der Waals surface area (Å²) < 4.78 is 0. The fourth-order valence-corrected chi connectivity index (χ4v) is 10.9. The number of aliphatic carboxylic acids is 2. The predicted octanol–water partition coefficient (Wildman–Crippen LogP) is 12.1. The molecule has 1 saturated heterocycles. The predicted molar refractivity (Wildman–Crippen MR) is 288 cm³/mol. The van der Waals surface area contributed by atoms with Crippen molar-refractivity contribution in [2.24, 2.45) is 0 Å². The summed E-state index contributed by atoms with van der Waals surface area (Å²) in [6.07, 6.45) is 11.3. The molecule has 14 nitrogen and oxygen atoms in total. The summed E-state index contributed by atoms with van der Waals surface area (Å²) in [5.74, 6) is -2.41. The molecule has 5 atom stereocenters. The number of imide groups is 1. The van der Waals surface area contributed by atoms with E-state index in [9.17, 15) is 33.6 Å². The van der Waals surface area contributed by atoms with Gasteiger partial charge in [-0.25, -0.2) is 19.7 Å². The highest BCUT2D eigenvalue weighted by Crippen LogP contribution is 2.36. The van der Waals surface area contributed by atoms with E-state index in [0.29, 0.717) is 52.9 Å². The topological polar surface area (TPSA) is 211 Å². The lowest BCUT2D eigenvalue weighted by atomic mass is 10.2.